The molecule has 0 bridgehead atoms. The Labute approximate surface area is 118 Å². The van der Waals surface area contributed by atoms with Crippen LogP contribution >= 0.6 is 23.2 Å². The molecule has 0 aliphatic heterocycles. The third kappa shape index (κ3) is 3.26. The first-order chi connectivity index (χ1) is 8.70. The van der Waals surface area contributed by atoms with E-state index in [2.05, 4.69) is 18.3 Å². The smallest absolute Gasteiger partial charge is 0.0487 e. The van der Waals surface area contributed by atoms with Gasteiger partial charge in [-0.2, -0.15) is 0 Å². The molecule has 0 spiro atoms. The average Bonchev–Trinajstić information content (AvgIpc) is 2.36. The molecular formula is C15H15Cl2N. The van der Waals surface area contributed by atoms with Crippen LogP contribution in [0.3, 0.4) is 0 Å². The highest BCUT2D eigenvalue weighted by Crippen LogP contribution is 2.30. The van der Waals surface area contributed by atoms with Gasteiger partial charge in [0.25, 0.3) is 0 Å². The summed E-state index contributed by atoms with van der Waals surface area (Å²) in [5.41, 5.74) is 3.24. The van der Waals surface area contributed by atoms with E-state index < -0.39 is 0 Å². The molecule has 18 heavy (non-hydrogen) atoms. The van der Waals surface area contributed by atoms with Gasteiger partial charge in [0.2, 0.25) is 0 Å². The molecule has 3 heteroatoms. The zero-order chi connectivity index (χ0) is 13.0. The maximum Gasteiger partial charge on any atom is 0.0487 e. The predicted octanol–water partition coefficient (Wildman–Crippen LogP) is 4.77. The van der Waals surface area contributed by atoms with Crippen LogP contribution in [-0.2, 0) is 6.54 Å². The molecule has 2 aromatic carbocycles. The maximum atomic E-state index is 6.32. The van der Waals surface area contributed by atoms with Gasteiger partial charge < -0.3 is 5.32 Å². The van der Waals surface area contributed by atoms with Gasteiger partial charge >= 0.3 is 0 Å². The Kier molecular flexibility index (Phi) is 4.65. The van der Waals surface area contributed by atoms with Crippen LogP contribution in [0.4, 0.5) is 0 Å². The Morgan fingerprint density at radius 1 is 1.06 bits per heavy atom. The van der Waals surface area contributed by atoms with Crippen LogP contribution in [0.5, 0.6) is 0 Å². The zero-order valence-corrected chi connectivity index (χ0v) is 11.7. The molecule has 0 aliphatic rings. The van der Waals surface area contributed by atoms with Crippen LogP contribution in [0.2, 0.25) is 10.0 Å². The van der Waals surface area contributed by atoms with Gasteiger partial charge in [-0.3, -0.25) is 0 Å². The monoisotopic (exact) mass is 279 g/mol. The first kappa shape index (κ1) is 13.4. The molecule has 0 atom stereocenters. The van der Waals surface area contributed by atoms with Crippen molar-refractivity contribution >= 4 is 23.2 Å². The Morgan fingerprint density at radius 3 is 2.56 bits per heavy atom. The number of benzene rings is 2. The molecule has 0 amide bonds. The van der Waals surface area contributed by atoms with Crippen LogP contribution < -0.4 is 5.32 Å². The van der Waals surface area contributed by atoms with Crippen molar-refractivity contribution in [1.82, 2.24) is 5.32 Å². The quantitative estimate of drug-likeness (QED) is 0.850. The predicted molar refractivity (Wildman–Crippen MR) is 79.3 cm³/mol. The summed E-state index contributed by atoms with van der Waals surface area (Å²) in [4.78, 5) is 0. The fourth-order valence-corrected chi connectivity index (χ4v) is 2.33. The van der Waals surface area contributed by atoms with Crippen molar-refractivity contribution in [2.24, 2.45) is 0 Å². The second kappa shape index (κ2) is 6.24. The average molecular weight is 280 g/mol. The molecule has 2 aromatic rings. The Balaban J connectivity index is 2.29. The van der Waals surface area contributed by atoms with E-state index in [0.717, 1.165) is 34.3 Å². The minimum absolute atomic E-state index is 0.722. The molecule has 1 nitrogen and oxygen atoms in total. The fourth-order valence-electron chi connectivity index (χ4n) is 1.83. The third-order valence-corrected chi connectivity index (χ3v) is 3.30. The van der Waals surface area contributed by atoms with E-state index in [1.54, 1.807) is 0 Å². The van der Waals surface area contributed by atoms with Crippen molar-refractivity contribution in [1.29, 1.82) is 0 Å². The molecular weight excluding hydrogens is 265 g/mol. The Bertz CT molecular complexity index is 538. The molecule has 0 heterocycles. The van der Waals surface area contributed by atoms with Gasteiger partial charge in [0.15, 0.2) is 0 Å². The van der Waals surface area contributed by atoms with Gasteiger partial charge in [0, 0.05) is 22.2 Å². The molecule has 0 radical (unpaired) electrons. The first-order valence-corrected chi connectivity index (χ1v) is 6.71. The molecule has 1 N–H and O–H groups in total. The third-order valence-electron chi connectivity index (χ3n) is 2.75. The van der Waals surface area contributed by atoms with Gasteiger partial charge in [-0.05, 0) is 35.9 Å². The van der Waals surface area contributed by atoms with E-state index in [-0.39, 0.29) is 0 Å². The molecule has 0 saturated heterocycles. The van der Waals surface area contributed by atoms with E-state index >= 15 is 0 Å². The lowest BCUT2D eigenvalue weighted by molar-refractivity contribution is 0.727. The summed E-state index contributed by atoms with van der Waals surface area (Å²) in [6, 6.07) is 13.9. The molecule has 0 aliphatic carbocycles. The van der Waals surface area contributed by atoms with Gasteiger partial charge in [-0.25, -0.2) is 0 Å². The fraction of sp³-hybridized carbons (Fsp3) is 0.200. The molecule has 2 rings (SSSR count). The first-order valence-electron chi connectivity index (χ1n) is 5.96. The van der Waals surface area contributed by atoms with Gasteiger partial charge in [-0.15, -0.1) is 0 Å². The molecule has 0 fully saturated rings. The van der Waals surface area contributed by atoms with E-state index in [1.165, 1.54) is 5.56 Å². The lowest BCUT2D eigenvalue weighted by atomic mass is 10.0. The summed E-state index contributed by atoms with van der Waals surface area (Å²) in [6.45, 7) is 3.88. The second-order valence-corrected chi connectivity index (χ2v) is 4.95. The van der Waals surface area contributed by atoms with Crippen LogP contribution in [0.25, 0.3) is 11.1 Å². The Morgan fingerprint density at radius 2 is 1.89 bits per heavy atom. The number of halogens is 2. The van der Waals surface area contributed by atoms with Gasteiger partial charge in [-0.1, -0.05) is 54.4 Å². The summed E-state index contributed by atoms with van der Waals surface area (Å²) in [5.74, 6) is 0. The topological polar surface area (TPSA) is 12.0 Å². The lowest BCUT2D eigenvalue weighted by Gasteiger charge is -2.08. The molecule has 0 saturated carbocycles. The molecule has 0 unspecified atom stereocenters. The van der Waals surface area contributed by atoms with Crippen molar-refractivity contribution in [2.45, 2.75) is 13.5 Å². The SMILES string of the molecule is CCNCc1ccc(-c2cccc(Cl)c2)c(Cl)c1. The zero-order valence-electron chi connectivity index (χ0n) is 10.2. The van der Waals surface area contributed by atoms with Crippen molar-refractivity contribution in [3.05, 3.63) is 58.1 Å². The van der Waals surface area contributed by atoms with E-state index in [4.69, 9.17) is 23.2 Å². The summed E-state index contributed by atoms with van der Waals surface area (Å²) in [5, 5.41) is 4.76. The number of nitrogens with one attached hydrogen (secondary N) is 1. The number of rotatable bonds is 4. The number of hydrogen-bond donors (Lipinski definition) is 1. The van der Waals surface area contributed by atoms with Crippen LogP contribution in [0.15, 0.2) is 42.5 Å². The summed E-state index contributed by atoms with van der Waals surface area (Å²) in [7, 11) is 0. The van der Waals surface area contributed by atoms with Crippen molar-refractivity contribution in [3.8, 4) is 11.1 Å². The summed E-state index contributed by atoms with van der Waals surface area (Å²) >= 11 is 12.3. The van der Waals surface area contributed by atoms with Crippen LogP contribution in [0.1, 0.15) is 12.5 Å². The highest BCUT2D eigenvalue weighted by molar-refractivity contribution is 6.33. The summed E-state index contributed by atoms with van der Waals surface area (Å²) in [6.07, 6.45) is 0. The minimum atomic E-state index is 0.722. The van der Waals surface area contributed by atoms with Crippen LogP contribution in [0, 0.1) is 0 Å². The Hall–Kier alpha value is -1.02. The molecule has 94 valence electrons. The highest BCUT2D eigenvalue weighted by Gasteiger charge is 2.05. The largest absolute Gasteiger partial charge is 0.313 e. The van der Waals surface area contributed by atoms with E-state index in [0.29, 0.717) is 0 Å². The van der Waals surface area contributed by atoms with Gasteiger partial charge in [0.05, 0.1) is 0 Å². The normalized spacial score (nSPS) is 10.6. The van der Waals surface area contributed by atoms with Crippen molar-refractivity contribution in [2.75, 3.05) is 6.54 Å². The van der Waals surface area contributed by atoms with E-state index in [1.807, 2.05) is 36.4 Å². The molecule has 0 aromatic heterocycles. The number of hydrogen-bond acceptors (Lipinski definition) is 1. The highest BCUT2D eigenvalue weighted by atomic mass is 35.5. The van der Waals surface area contributed by atoms with Crippen LogP contribution in [-0.4, -0.2) is 6.54 Å². The lowest BCUT2D eigenvalue weighted by Crippen LogP contribution is -2.11. The van der Waals surface area contributed by atoms with Crippen molar-refractivity contribution in [3.63, 3.8) is 0 Å². The maximum absolute atomic E-state index is 6.32. The van der Waals surface area contributed by atoms with E-state index in [9.17, 15) is 0 Å². The second-order valence-electron chi connectivity index (χ2n) is 4.10. The van der Waals surface area contributed by atoms with Crippen molar-refractivity contribution < 1.29 is 0 Å². The summed E-state index contributed by atoms with van der Waals surface area (Å²) < 4.78 is 0. The standard InChI is InChI=1S/C15H15Cl2N/c1-2-18-10-11-6-7-14(15(17)8-11)12-4-3-5-13(16)9-12/h3-9,18H,2,10H2,1H3. The van der Waals surface area contributed by atoms with Gasteiger partial charge in [0.1, 0.15) is 0 Å². The minimum Gasteiger partial charge on any atom is -0.313 e.